The summed E-state index contributed by atoms with van der Waals surface area (Å²) in [7, 11) is 1.41. The van der Waals surface area contributed by atoms with E-state index in [1.165, 1.54) is 18.2 Å². The van der Waals surface area contributed by atoms with Gasteiger partial charge in [0.25, 0.3) is 0 Å². The highest BCUT2D eigenvalue weighted by molar-refractivity contribution is 7.16. The van der Waals surface area contributed by atoms with Crippen molar-refractivity contribution in [1.82, 2.24) is 0 Å². The van der Waals surface area contributed by atoms with Crippen molar-refractivity contribution in [2.75, 3.05) is 7.11 Å². The van der Waals surface area contributed by atoms with E-state index in [2.05, 4.69) is 55.2 Å². The van der Waals surface area contributed by atoms with Crippen LogP contribution in [0.1, 0.15) is 57.3 Å². The zero-order valence-electron chi connectivity index (χ0n) is 16.7. The van der Waals surface area contributed by atoms with Gasteiger partial charge in [0.15, 0.2) is 0 Å². The lowest BCUT2D eigenvalue weighted by Crippen LogP contribution is -2.02. The summed E-state index contributed by atoms with van der Waals surface area (Å²) < 4.78 is 5.01. The number of esters is 1. The van der Waals surface area contributed by atoms with Gasteiger partial charge in [-0.2, -0.15) is 0 Å². The molecule has 0 radical (unpaired) electrons. The Morgan fingerprint density at radius 3 is 2.39 bits per heavy atom. The lowest BCUT2D eigenvalue weighted by Gasteiger charge is -2.04. The number of benzene rings is 2. The van der Waals surface area contributed by atoms with Crippen molar-refractivity contribution < 1.29 is 9.53 Å². The summed E-state index contributed by atoms with van der Waals surface area (Å²) in [5.41, 5.74) is 5.03. The molecule has 3 nitrogen and oxygen atoms in total. The Morgan fingerprint density at radius 2 is 1.79 bits per heavy atom. The minimum Gasteiger partial charge on any atom is -0.465 e. The molecule has 1 aromatic heterocycles. The largest absolute Gasteiger partial charge is 0.465 e. The van der Waals surface area contributed by atoms with Crippen LogP contribution in [0.15, 0.2) is 59.6 Å². The van der Waals surface area contributed by atoms with Gasteiger partial charge in [0.2, 0.25) is 0 Å². The summed E-state index contributed by atoms with van der Waals surface area (Å²) >= 11 is 1.55. The molecule has 0 aliphatic carbocycles. The van der Waals surface area contributed by atoms with Crippen LogP contribution in [-0.2, 0) is 11.2 Å². The summed E-state index contributed by atoms with van der Waals surface area (Å²) in [6.45, 7) is 6.32. The summed E-state index contributed by atoms with van der Waals surface area (Å²) in [6.07, 6.45) is 2.59. The van der Waals surface area contributed by atoms with Crippen LogP contribution in [0.25, 0.3) is 0 Å². The molecule has 2 aromatic carbocycles. The van der Waals surface area contributed by atoms with E-state index >= 15 is 0 Å². The molecule has 0 aliphatic heterocycles. The van der Waals surface area contributed by atoms with Gasteiger partial charge >= 0.3 is 5.97 Å². The smallest absolute Gasteiger partial charge is 0.341 e. The van der Waals surface area contributed by atoms with E-state index < -0.39 is 0 Å². The molecule has 144 valence electrons. The maximum atomic E-state index is 12.4. The lowest BCUT2D eigenvalue weighted by atomic mass is 10.0. The molecule has 3 rings (SSSR count). The zero-order chi connectivity index (χ0) is 20.1. The predicted octanol–water partition coefficient (Wildman–Crippen LogP) is 6.31. The number of thiophene rings is 1. The molecule has 1 heterocycles. The van der Waals surface area contributed by atoms with E-state index in [4.69, 9.17) is 4.74 Å². The van der Waals surface area contributed by atoms with Crippen LogP contribution >= 0.6 is 11.3 Å². The molecule has 0 bridgehead atoms. The standard InChI is InChI=1S/C24H25NO2S/c1-16(2)20-12-10-19(11-13-20)15-25-23-22(24(26)27-4)17(3)21(28-23)14-18-8-6-5-7-9-18/h5-13,15-16H,14H2,1-4H3. The quantitative estimate of drug-likeness (QED) is 0.365. The average Bonchev–Trinajstić information content (AvgIpc) is 3.02. The third-order valence-electron chi connectivity index (χ3n) is 4.76. The second-order valence-corrected chi connectivity index (χ2v) is 8.15. The number of methoxy groups -OCH3 is 1. The molecule has 0 saturated carbocycles. The van der Waals surface area contributed by atoms with Gasteiger partial charge in [-0.05, 0) is 35.1 Å². The van der Waals surface area contributed by atoms with E-state index in [1.807, 2.05) is 31.3 Å². The molecule has 0 fully saturated rings. The van der Waals surface area contributed by atoms with Crippen LogP contribution < -0.4 is 0 Å². The molecule has 3 aromatic rings. The van der Waals surface area contributed by atoms with Crippen molar-refractivity contribution in [2.45, 2.75) is 33.1 Å². The second-order valence-electron chi connectivity index (χ2n) is 7.06. The van der Waals surface area contributed by atoms with Crippen molar-refractivity contribution in [2.24, 2.45) is 4.99 Å². The number of hydrogen-bond donors (Lipinski definition) is 0. The van der Waals surface area contributed by atoms with Crippen molar-refractivity contribution in [3.8, 4) is 0 Å². The zero-order valence-corrected chi connectivity index (χ0v) is 17.5. The molecule has 0 N–H and O–H groups in total. The SMILES string of the molecule is COC(=O)c1c(N=Cc2ccc(C(C)C)cc2)sc(Cc2ccccc2)c1C. The average molecular weight is 392 g/mol. The van der Waals surface area contributed by atoms with Crippen molar-refractivity contribution in [3.63, 3.8) is 0 Å². The predicted molar refractivity (Wildman–Crippen MR) is 117 cm³/mol. The highest BCUT2D eigenvalue weighted by Crippen LogP contribution is 2.37. The molecule has 0 aliphatic rings. The molecule has 28 heavy (non-hydrogen) atoms. The van der Waals surface area contributed by atoms with Crippen LogP contribution in [0, 0.1) is 6.92 Å². The first kappa shape index (κ1) is 20.0. The van der Waals surface area contributed by atoms with E-state index in [-0.39, 0.29) is 5.97 Å². The van der Waals surface area contributed by atoms with Gasteiger partial charge in [0, 0.05) is 17.5 Å². The van der Waals surface area contributed by atoms with Crippen LogP contribution in [0.4, 0.5) is 5.00 Å². The highest BCUT2D eigenvalue weighted by atomic mass is 32.1. The minimum absolute atomic E-state index is 0.338. The van der Waals surface area contributed by atoms with Crippen LogP contribution in [0.5, 0.6) is 0 Å². The molecule has 0 saturated heterocycles. The maximum absolute atomic E-state index is 12.4. The van der Waals surface area contributed by atoms with E-state index in [0.717, 1.165) is 22.4 Å². The molecule has 0 spiro atoms. The van der Waals surface area contributed by atoms with Gasteiger partial charge < -0.3 is 4.74 Å². The Morgan fingerprint density at radius 1 is 1.11 bits per heavy atom. The van der Waals surface area contributed by atoms with Gasteiger partial charge in [-0.3, -0.25) is 0 Å². The summed E-state index contributed by atoms with van der Waals surface area (Å²) in [6, 6.07) is 18.6. The molecular formula is C24H25NO2S. The number of hydrogen-bond acceptors (Lipinski definition) is 4. The van der Waals surface area contributed by atoms with Gasteiger partial charge in [-0.25, -0.2) is 9.79 Å². The number of nitrogens with zero attached hydrogens (tertiary/aromatic N) is 1. The fraction of sp³-hybridized carbons (Fsp3) is 0.250. The van der Waals surface area contributed by atoms with Gasteiger partial charge in [0.1, 0.15) is 5.00 Å². The summed E-state index contributed by atoms with van der Waals surface area (Å²) in [4.78, 5) is 18.1. The van der Waals surface area contributed by atoms with E-state index in [0.29, 0.717) is 16.5 Å². The van der Waals surface area contributed by atoms with Crippen LogP contribution in [0.3, 0.4) is 0 Å². The first-order valence-corrected chi connectivity index (χ1v) is 10.2. The fourth-order valence-electron chi connectivity index (χ4n) is 3.03. The van der Waals surface area contributed by atoms with Crippen LogP contribution in [0.2, 0.25) is 0 Å². The van der Waals surface area contributed by atoms with Crippen molar-refractivity contribution in [3.05, 3.63) is 87.3 Å². The Kier molecular flexibility index (Phi) is 6.42. The highest BCUT2D eigenvalue weighted by Gasteiger charge is 2.21. The van der Waals surface area contributed by atoms with E-state index in [9.17, 15) is 4.79 Å². The van der Waals surface area contributed by atoms with Crippen LogP contribution in [-0.4, -0.2) is 19.3 Å². The Bertz CT molecular complexity index is 970. The summed E-state index contributed by atoms with van der Waals surface area (Å²) in [5, 5.41) is 0.697. The Balaban J connectivity index is 1.92. The molecule has 0 atom stereocenters. The third-order valence-corrected chi connectivity index (χ3v) is 5.96. The Labute approximate surface area is 170 Å². The molecular weight excluding hydrogens is 366 g/mol. The van der Waals surface area contributed by atoms with Gasteiger partial charge in [-0.15, -0.1) is 11.3 Å². The van der Waals surface area contributed by atoms with Crippen molar-refractivity contribution in [1.29, 1.82) is 0 Å². The summed E-state index contributed by atoms with van der Waals surface area (Å²) in [5.74, 6) is 0.160. The monoisotopic (exact) mass is 391 g/mol. The number of rotatable bonds is 6. The molecule has 0 amide bonds. The number of carbonyl (C=O) groups is 1. The van der Waals surface area contributed by atoms with Gasteiger partial charge in [0.05, 0.1) is 12.7 Å². The number of carbonyl (C=O) groups excluding carboxylic acids is 1. The Hall–Kier alpha value is -2.72. The normalized spacial score (nSPS) is 11.3. The number of ether oxygens (including phenoxy) is 1. The minimum atomic E-state index is -0.338. The van der Waals surface area contributed by atoms with E-state index in [1.54, 1.807) is 11.3 Å². The van der Waals surface area contributed by atoms with Gasteiger partial charge in [-0.1, -0.05) is 68.4 Å². The fourth-order valence-corrected chi connectivity index (χ4v) is 4.20. The first-order chi connectivity index (χ1) is 13.5. The number of aliphatic imine (C=N–C) groups is 1. The topological polar surface area (TPSA) is 38.7 Å². The second kappa shape index (κ2) is 8.98. The maximum Gasteiger partial charge on any atom is 0.341 e. The lowest BCUT2D eigenvalue weighted by molar-refractivity contribution is 0.0601. The molecule has 0 unspecified atom stereocenters. The van der Waals surface area contributed by atoms with Crippen molar-refractivity contribution >= 4 is 28.5 Å². The first-order valence-electron chi connectivity index (χ1n) is 9.38. The third kappa shape index (κ3) is 4.57. The molecule has 4 heteroatoms.